The third-order valence-electron chi connectivity index (χ3n) is 3.03. The van der Waals surface area contributed by atoms with Crippen molar-refractivity contribution in [3.63, 3.8) is 0 Å². The number of hydrogen-bond acceptors (Lipinski definition) is 1. The molecule has 0 aliphatic rings. The molecule has 0 radical (unpaired) electrons. The Labute approximate surface area is 134 Å². The summed E-state index contributed by atoms with van der Waals surface area (Å²) in [5.41, 5.74) is 1.86. The number of carbonyl (C=O) groups is 1. The normalized spacial score (nSPS) is 12.2. The summed E-state index contributed by atoms with van der Waals surface area (Å²) in [5, 5.41) is 0.652. The van der Waals surface area contributed by atoms with E-state index in [0.717, 1.165) is 15.6 Å². The molecule has 20 heavy (non-hydrogen) atoms. The zero-order valence-electron chi connectivity index (χ0n) is 12.6. The lowest BCUT2D eigenvalue weighted by Crippen LogP contribution is -2.41. The SMILES string of the molecule is C/C(=C/C(=O)N(C(C)C)C(C)C)c1cc(Cl)cc(Br)c1. The lowest BCUT2D eigenvalue weighted by molar-refractivity contribution is -0.129. The minimum atomic E-state index is 0.0311. The van der Waals surface area contributed by atoms with Gasteiger partial charge in [-0.15, -0.1) is 0 Å². The van der Waals surface area contributed by atoms with Crippen LogP contribution in [-0.4, -0.2) is 22.9 Å². The summed E-state index contributed by atoms with van der Waals surface area (Å²) in [6.07, 6.45) is 1.68. The van der Waals surface area contributed by atoms with E-state index in [0.29, 0.717) is 5.02 Å². The standard InChI is InChI=1S/C16H21BrClNO/c1-10(2)19(11(3)4)16(20)6-12(5)13-7-14(17)9-15(18)8-13/h6-11H,1-5H3/b12-6-. The summed E-state index contributed by atoms with van der Waals surface area (Å²) >= 11 is 9.46. The minimum Gasteiger partial charge on any atom is -0.334 e. The van der Waals surface area contributed by atoms with E-state index in [-0.39, 0.29) is 18.0 Å². The van der Waals surface area contributed by atoms with E-state index in [2.05, 4.69) is 15.9 Å². The third-order valence-corrected chi connectivity index (χ3v) is 3.70. The maximum atomic E-state index is 12.4. The topological polar surface area (TPSA) is 20.3 Å². The molecule has 0 atom stereocenters. The monoisotopic (exact) mass is 357 g/mol. The van der Waals surface area contributed by atoms with Crippen LogP contribution in [0.2, 0.25) is 5.02 Å². The first kappa shape index (κ1) is 17.3. The number of carbonyl (C=O) groups excluding carboxylic acids is 1. The summed E-state index contributed by atoms with van der Waals surface area (Å²) in [4.78, 5) is 14.2. The number of hydrogen-bond donors (Lipinski definition) is 0. The Morgan fingerprint density at radius 2 is 1.75 bits per heavy atom. The van der Waals surface area contributed by atoms with E-state index in [1.807, 2.05) is 57.7 Å². The van der Waals surface area contributed by atoms with E-state index in [4.69, 9.17) is 11.6 Å². The number of nitrogens with zero attached hydrogens (tertiary/aromatic N) is 1. The lowest BCUT2D eigenvalue weighted by Gasteiger charge is -2.29. The molecule has 110 valence electrons. The van der Waals surface area contributed by atoms with Crippen LogP contribution in [0.5, 0.6) is 0 Å². The van der Waals surface area contributed by atoms with E-state index < -0.39 is 0 Å². The van der Waals surface area contributed by atoms with Gasteiger partial charge in [0.15, 0.2) is 0 Å². The number of halogens is 2. The molecule has 0 heterocycles. The van der Waals surface area contributed by atoms with Crippen molar-refractivity contribution in [1.29, 1.82) is 0 Å². The molecule has 0 spiro atoms. The van der Waals surface area contributed by atoms with Crippen LogP contribution >= 0.6 is 27.5 Å². The first-order chi connectivity index (χ1) is 9.22. The molecule has 1 aromatic rings. The van der Waals surface area contributed by atoms with Crippen LogP contribution in [-0.2, 0) is 4.79 Å². The van der Waals surface area contributed by atoms with Gasteiger partial charge in [-0.1, -0.05) is 27.5 Å². The number of rotatable bonds is 4. The van der Waals surface area contributed by atoms with Gasteiger partial charge in [-0.3, -0.25) is 4.79 Å². The summed E-state index contributed by atoms with van der Waals surface area (Å²) in [5.74, 6) is 0.0311. The fraction of sp³-hybridized carbons (Fsp3) is 0.438. The Morgan fingerprint density at radius 3 is 2.20 bits per heavy atom. The van der Waals surface area contributed by atoms with Crippen molar-refractivity contribution >= 4 is 39.0 Å². The van der Waals surface area contributed by atoms with Crippen LogP contribution in [0, 0.1) is 0 Å². The maximum Gasteiger partial charge on any atom is 0.247 e. The van der Waals surface area contributed by atoms with Gasteiger partial charge in [-0.2, -0.15) is 0 Å². The Balaban J connectivity index is 3.06. The van der Waals surface area contributed by atoms with Crippen LogP contribution in [0.1, 0.15) is 40.2 Å². The van der Waals surface area contributed by atoms with Crippen LogP contribution in [0.25, 0.3) is 5.57 Å². The highest BCUT2D eigenvalue weighted by Gasteiger charge is 2.18. The molecule has 0 fully saturated rings. The Bertz CT molecular complexity index is 495. The molecule has 0 aliphatic heterocycles. The highest BCUT2D eigenvalue weighted by molar-refractivity contribution is 9.10. The van der Waals surface area contributed by atoms with E-state index in [9.17, 15) is 4.79 Å². The number of allylic oxidation sites excluding steroid dienone is 1. The molecule has 1 rings (SSSR count). The highest BCUT2D eigenvalue weighted by atomic mass is 79.9. The molecule has 0 N–H and O–H groups in total. The molecular weight excluding hydrogens is 338 g/mol. The second-order valence-corrected chi connectivity index (χ2v) is 6.77. The molecule has 4 heteroatoms. The summed E-state index contributed by atoms with van der Waals surface area (Å²) < 4.78 is 0.907. The zero-order chi connectivity index (χ0) is 15.4. The van der Waals surface area contributed by atoms with Gasteiger partial charge >= 0.3 is 0 Å². The maximum absolute atomic E-state index is 12.4. The number of amides is 1. The van der Waals surface area contributed by atoms with Crippen LogP contribution in [0.15, 0.2) is 28.7 Å². The second-order valence-electron chi connectivity index (χ2n) is 5.42. The van der Waals surface area contributed by atoms with Crippen molar-refractivity contribution in [2.45, 2.75) is 46.7 Å². The summed E-state index contributed by atoms with van der Waals surface area (Å²) in [7, 11) is 0. The third kappa shape index (κ3) is 4.64. The van der Waals surface area contributed by atoms with Crippen LogP contribution < -0.4 is 0 Å². The Kier molecular flexibility index (Phi) is 6.28. The molecule has 1 amide bonds. The molecule has 0 bridgehead atoms. The first-order valence-corrected chi connectivity index (χ1v) is 7.86. The van der Waals surface area contributed by atoms with E-state index >= 15 is 0 Å². The van der Waals surface area contributed by atoms with Crippen molar-refractivity contribution in [2.75, 3.05) is 0 Å². The van der Waals surface area contributed by atoms with Gasteiger partial charge in [-0.25, -0.2) is 0 Å². The van der Waals surface area contributed by atoms with Gasteiger partial charge in [0.25, 0.3) is 0 Å². The Morgan fingerprint density at radius 1 is 1.20 bits per heavy atom. The quantitative estimate of drug-likeness (QED) is 0.681. The Hall–Kier alpha value is -0.800. The smallest absolute Gasteiger partial charge is 0.247 e. The van der Waals surface area contributed by atoms with Crippen molar-refractivity contribution in [1.82, 2.24) is 4.90 Å². The second kappa shape index (κ2) is 7.28. The predicted molar refractivity (Wildman–Crippen MR) is 89.9 cm³/mol. The average molecular weight is 359 g/mol. The molecule has 1 aromatic carbocycles. The van der Waals surface area contributed by atoms with Gasteiger partial charge in [0.2, 0.25) is 5.91 Å². The van der Waals surface area contributed by atoms with Crippen molar-refractivity contribution in [3.05, 3.63) is 39.3 Å². The van der Waals surface area contributed by atoms with Crippen LogP contribution in [0.4, 0.5) is 0 Å². The lowest BCUT2D eigenvalue weighted by atomic mass is 10.1. The molecule has 0 aliphatic carbocycles. The molecule has 0 saturated carbocycles. The zero-order valence-corrected chi connectivity index (χ0v) is 14.9. The first-order valence-electron chi connectivity index (χ1n) is 6.69. The van der Waals surface area contributed by atoms with Gasteiger partial charge in [0.05, 0.1) is 0 Å². The van der Waals surface area contributed by atoms with E-state index in [1.54, 1.807) is 6.08 Å². The van der Waals surface area contributed by atoms with Crippen molar-refractivity contribution < 1.29 is 4.79 Å². The van der Waals surface area contributed by atoms with E-state index in [1.165, 1.54) is 0 Å². The molecule has 2 nitrogen and oxygen atoms in total. The minimum absolute atomic E-state index is 0.0311. The molecule has 0 aromatic heterocycles. The highest BCUT2D eigenvalue weighted by Crippen LogP contribution is 2.24. The predicted octanol–water partition coefficient (Wildman–Crippen LogP) is 5.15. The van der Waals surface area contributed by atoms with Gasteiger partial charge in [-0.05, 0) is 64.0 Å². The van der Waals surface area contributed by atoms with Gasteiger partial charge in [0.1, 0.15) is 0 Å². The van der Waals surface area contributed by atoms with Gasteiger partial charge in [0, 0.05) is 27.7 Å². The molecule has 0 saturated heterocycles. The van der Waals surface area contributed by atoms with Crippen molar-refractivity contribution in [2.24, 2.45) is 0 Å². The van der Waals surface area contributed by atoms with Gasteiger partial charge < -0.3 is 4.90 Å². The molecular formula is C16H21BrClNO. The summed E-state index contributed by atoms with van der Waals surface area (Å²) in [6.45, 7) is 10.0. The fourth-order valence-electron chi connectivity index (χ4n) is 2.23. The number of benzene rings is 1. The average Bonchev–Trinajstić information content (AvgIpc) is 2.25. The van der Waals surface area contributed by atoms with Crippen LogP contribution in [0.3, 0.4) is 0 Å². The fourth-order valence-corrected chi connectivity index (χ4v) is 3.09. The summed E-state index contributed by atoms with van der Waals surface area (Å²) in [6, 6.07) is 6.00. The molecule has 0 unspecified atom stereocenters. The van der Waals surface area contributed by atoms with Crippen molar-refractivity contribution in [3.8, 4) is 0 Å². The largest absolute Gasteiger partial charge is 0.334 e.